The Hall–Kier alpha value is -3.08. The summed E-state index contributed by atoms with van der Waals surface area (Å²) in [7, 11) is 0. The summed E-state index contributed by atoms with van der Waals surface area (Å²) < 4.78 is 0. The van der Waals surface area contributed by atoms with E-state index in [9.17, 15) is 0 Å². The number of fused-ring (bicyclic) bond motifs is 1. The number of anilines is 5. The number of nitrogens with zero attached hydrogens (tertiary/aromatic N) is 4. The van der Waals surface area contributed by atoms with Crippen LogP contribution in [-0.2, 0) is 6.42 Å². The van der Waals surface area contributed by atoms with Crippen molar-refractivity contribution in [2.24, 2.45) is 0 Å². The van der Waals surface area contributed by atoms with Gasteiger partial charge < -0.3 is 15.1 Å². The second-order valence-corrected chi connectivity index (χ2v) is 7.59. The van der Waals surface area contributed by atoms with Crippen LogP contribution >= 0.6 is 0 Å². The first-order valence-corrected chi connectivity index (χ1v) is 10.4. The molecule has 1 aromatic heterocycles. The van der Waals surface area contributed by atoms with E-state index in [0.29, 0.717) is 12.0 Å². The first-order valence-electron chi connectivity index (χ1n) is 10.4. The van der Waals surface area contributed by atoms with Gasteiger partial charge in [-0.25, -0.2) is 4.98 Å². The van der Waals surface area contributed by atoms with Gasteiger partial charge in [0.25, 0.3) is 0 Å². The summed E-state index contributed by atoms with van der Waals surface area (Å²) in [6.45, 7) is 10.6. The smallest absolute Gasteiger partial charge is 0.229 e. The fourth-order valence-corrected chi connectivity index (χ4v) is 4.12. The van der Waals surface area contributed by atoms with Crippen LogP contribution < -0.4 is 15.1 Å². The standard InChI is InChI=1S/C24H29N5/c1-5-28(6-2)21-13-11-20(12-14-21)26-24-25-17(3)15-23(27-24)29-18(4)16-19-9-7-8-10-22(19)29/h7-15,18H,5-6,16H2,1-4H3,(H,25,26,27). The summed E-state index contributed by atoms with van der Waals surface area (Å²) in [5.74, 6) is 1.57. The third-order valence-corrected chi connectivity index (χ3v) is 5.55. The van der Waals surface area contributed by atoms with Gasteiger partial charge in [0.2, 0.25) is 5.95 Å². The minimum Gasteiger partial charge on any atom is -0.372 e. The van der Waals surface area contributed by atoms with Crippen LogP contribution in [0.4, 0.5) is 28.8 Å². The summed E-state index contributed by atoms with van der Waals surface area (Å²) in [6.07, 6.45) is 1.04. The van der Waals surface area contributed by atoms with Crippen molar-refractivity contribution in [3.8, 4) is 0 Å². The van der Waals surface area contributed by atoms with E-state index in [1.165, 1.54) is 16.9 Å². The molecule has 5 nitrogen and oxygen atoms in total. The molecule has 2 aromatic carbocycles. The number of hydrogen-bond donors (Lipinski definition) is 1. The molecule has 0 aliphatic carbocycles. The molecular formula is C24H29N5. The van der Waals surface area contributed by atoms with Crippen molar-refractivity contribution in [1.82, 2.24) is 9.97 Å². The zero-order valence-electron chi connectivity index (χ0n) is 17.7. The Morgan fingerprint density at radius 2 is 1.76 bits per heavy atom. The van der Waals surface area contributed by atoms with Crippen molar-refractivity contribution in [2.75, 3.05) is 28.2 Å². The van der Waals surface area contributed by atoms with Crippen LogP contribution in [0.2, 0.25) is 0 Å². The topological polar surface area (TPSA) is 44.3 Å². The third-order valence-electron chi connectivity index (χ3n) is 5.55. The number of benzene rings is 2. The summed E-state index contributed by atoms with van der Waals surface area (Å²) in [5, 5.41) is 3.38. The Labute approximate surface area is 173 Å². The second-order valence-electron chi connectivity index (χ2n) is 7.59. The Balaban J connectivity index is 1.60. The van der Waals surface area contributed by atoms with E-state index in [1.54, 1.807) is 0 Å². The van der Waals surface area contributed by atoms with Crippen molar-refractivity contribution >= 4 is 28.8 Å². The average molecular weight is 388 g/mol. The first kappa shape index (κ1) is 19.2. The fourth-order valence-electron chi connectivity index (χ4n) is 4.12. The van der Waals surface area contributed by atoms with Gasteiger partial charge in [0.15, 0.2) is 0 Å². The normalized spacial score (nSPS) is 15.3. The molecule has 4 rings (SSSR count). The lowest BCUT2D eigenvalue weighted by Gasteiger charge is -2.24. The van der Waals surface area contributed by atoms with Gasteiger partial charge in [-0.1, -0.05) is 18.2 Å². The number of nitrogens with one attached hydrogen (secondary N) is 1. The zero-order valence-corrected chi connectivity index (χ0v) is 17.7. The van der Waals surface area contributed by atoms with Gasteiger partial charge in [0, 0.05) is 48.0 Å². The van der Waals surface area contributed by atoms with Crippen LogP contribution in [0.1, 0.15) is 32.0 Å². The molecule has 1 aliphatic rings. The van der Waals surface area contributed by atoms with Crippen molar-refractivity contribution in [2.45, 2.75) is 40.2 Å². The summed E-state index contributed by atoms with van der Waals surface area (Å²) in [5.41, 5.74) is 5.79. The molecule has 1 aliphatic heterocycles. The van der Waals surface area contributed by atoms with Crippen LogP contribution in [-0.4, -0.2) is 29.1 Å². The highest BCUT2D eigenvalue weighted by Gasteiger charge is 2.28. The molecule has 0 radical (unpaired) electrons. The predicted octanol–water partition coefficient (Wildman–Crippen LogP) is 5.46. The molecule has 29 heavy (non-hydrogen) atoms. The number of para-hydroxylation sites is 1. The maximum Gasteiger partial charge on any atom is 0.229 e. The second kappa shape index (κ2) is 8.11. The molecule has 1 atom stereocenters. The van der Waals surface area contributed by atoms with E-state index >= 15 is 0 Å². The van der Waals surface area contributed by atoms with Gasteiger partial charge in [0.1, 0.15) is 5.82 Å². The Bertz CT molecular complexity index is 979. The largest absolute Gasteiger partial charge is 0.372 e. The lowest BCUT2D eigenvalue weighted by molar-refractivity contribution is 0.749. The number of aromatic nitrogens is 2. The minimum absolute atomic E-state index is 0.378. The molecule has 1 N–H and O–H groups in total. The number of rotatable bonds is 6. The van der Waals surface area contributed by atoms with E-state index in [2.05, 4.69) is 95.5 Å². The average Bonchev–Trinajstić information content (AvgIpc) is 3.05. The highest BCUT2D eigenvalue weighted by molar-refractivity contribution is 5.70. The fraction of sp³-hybridized carbons (Fsp3) is 0.333. The molecule has 150 valence electrons. The van der Waals surface area contributed by atoms with Gasteiger partial charge in [-0.15, -0.1) is 0 Å². The summed E-state index contributed by atoms with van der Waals surface area (Å²) in [6, 6.07) is 19.5. The SMILES string of the molecule is CCN(CC)c1ccc(Nc2nc(C)cc(N3c4ccccc4CC3C)n2)cc1. The van der Waals surface area contributed by atoms with Crippen molar-refractivity contribution in [3.63, 3.8) is 0 Å². The van der Waals surface area contributed by atoms with E-state index in [1.807, 2.05) is 6.92 Å². The van der Waals surface area contributed by atoms with Crippen LogP contribution in [0.3, 0.4) is 0 Å². The van der Waals surface area contributed by atoms with Gasteiger partial charge >= 0.3 is 0 Å². The molecule has 0 saturated heterocycles. The molecule has 5 heteroatoms. The van der Waals surface area contributed by atoms with Crippen molar-refractivity contribution in [1.29, 1.82) is 0 Å². The van der Waals surface area contributed by atoms with E-state index in [0.717, 1.165) is 36.7 Å². The summed E-state index contributed by atoms with van der Waals surface area (Å²) in [4.78, 5) is 14.1. The lowest BCUT2D eigenvalue weighted by Crippen LogP contribution is -2.25. The number of aryl methyl sites for hydroxylation is 1. The minimum atomic E-state index is 0.378. The maximum absolute atomic E-state index is 4.84. The quantitative estimate of drug-likeness (QED) is 0.609. The Morgan fingerprint density at radius 3 is 2.48 bits per heavy atom. The molecule has 2 heterocycles. The molecule has 1 unspecified atom stereocenters. The van der Waals surface area contributed by atoms with Crippen LogP contribution in [0.5, 0.6) is 0 Å². The van der Waals surface area contributed by atoms with Crippen molar-refractivity contribution in [3.05, 3.63) is 65.9 Å². The van der Waals surface area contributed by atoms with Gasteiger partial charge in [-0.05, 0) is 70.0 Å². The maximum atomic E-state index is 4.84. The van der Waals surface area contributed by atoms with Gasteiger partial charge in [-0.3, -0.25) is 0 Å². The molecule has 0 bridgehead atoms. The third kappa shape index (κ3) is 3.90. The lowest BCUT2D eigenvalue weighted by atomic mass is 10.1. The van der Waals surface area contributed by atoms with Crippen molar-refractivity contribution < 1.29 is 0 Å². The molecular weight excluding hydrogens is 358 g/mol. The summed E-state index contributed by atoms with van der Waals surface area (Å²) >= 11 is 0. The Kier molecular flexibility index (Phi) is 5.38. The molecule has 0 amide bonds. The Morgan fingerprint density at radius 1 is 1.03 bits per heavy atom. The van der Waals surface area contributed by atoms with Crippen LogP contribution in [0, 0.1) is 6.92 Å². The number of hydrogen-bond acceptors (Lipinski definition) is 5. The monoisotopic (exact) mass is 387 g/mol. The molecule has 0 spiro atoms. The molecule has 0 fully saturated rings. The van der Waals surface area contributed by atoms with E-state index < -0.39 is 0 Å². The van der Waals surface area contributed by atoms with Crippen LogP contribution in [0.15, 0.2) is 54.6 Å². The highest BCUT2D eigenvalue weighted by Crippen LogP contribution is 2.37. The predicted molar refractivity (Wildman–Crippen MR) is 122 cm³/mol. The van der Waals surface area contributed by atoms with E-state index in [4.69, 9.17) is 4.98 Å². The van der Waals surface area contributed by atoms with Crippen LogP contribution in [0.25, 0.3) is 0 Å². The molecule has 3 aromatic rings. The highest BCUT2D eigenvalue weighted by atomic mass is 15.3. The zero-order chi connectivity index (χ0) is 20.4. The molecule has 0 saturated carbocycles. The first-order chi connectivity index (χ1) is 14.1. The van der Waals surface area contributed by atoms with Gasteiger partial charge in [0.05, 0.1) is 0 Å². The van der Waals surface area contributed by atoms with E-state index in [-0.39, 0.29) is 0 Å². The van der Waals surface area contributed by atoms with Gasteiger partial charge in [-0.2, -0.15) is 4.98 Å².